The van der Waals surface area contributed by atoms with Gasteiger partial charge in [-0.2, -0.15) is 0 Å². The van der Waals surface area contributed by atoms with E-state index in [1.165, 1.54) is 51.4 Å². The summed E-state index contributed by atoms with van der Waals surface area (Å²) in [5.74, 6) is 3.20. The Bertz CT molecular complexity index is 643. The summed E-state index contributed by atoms with van der Waals surface area (Å²) in [6, 6.07) is 0. The summed E-state index contributed by atoms with van der Waals surface area (Å²) in [4.78, 5) is 0. The van der Waals surface area contributed by atoms with Crippen LogP contribution < -0.4 is 0 Å². The quantitative estimate of drug-likeness (QED) is 0.528. The summed E-state index contributed by atoms with van der Waals surface area (Å²) in [5, 5.41) is 20.2. The van der Waals surface area contributed by atoms with Gasteiger partial charge in [0.2, 0.25) is 0 Å². The SMILES string of the molecule is C=C1/C(=C/C=C2\CCC[C@@]3(C)C2CC[C@@H]3C(C)CCCC(C)C)C[C@@H](O)C[C@@H]1O. The molecule has 0 spiro atoms. The number of hydrogen-bond acceptors (Lipinski definition) is 2. The molecule has 3 aliphatic rings. The Kier molecular flexibility index (Phi) is 7.49. The van der Waals surface area contributed by atoms with Crippen molar-refractivity contribution < 1.29 is 10.2 Å². The van der Waals surface area contributed by atoms with Gasteiger partial charge in [-0.05, 0) is 78.8 Å². The van der Waals surface area contributed by atoms with Gasteiger partial charge >= 0.3 is 0 Å². The van der Waals surface area contributed by atoms with E-state index in [-0.39, 0.29) is 0 Å². The summed E-state index contributed by atoms with van der Waals surface area (Å²) in [6.07, 6.45) is 15.2. The predicted molar refractivity (Wildman–Crippen MR) is 123 cm³/mol. The van der Waals surface area contributed by atoms with Crippen LogP contribution in [0.2, 0.25) is 0 Å². The Morgan fingerprint density at radius 1 is 1.14 bits per heavy atom. The van der Waals surface area contributed by atoms with Crippen LogP contribution in [0.1, 0.15) is 91.9 Å². The smallest absolute Gasteiger partial charge is 0.0811 e. The van der Waals surface area contributed by atoms with Crippen molar-refractivity contribution in [2.75, 3.05) is 0 Å². The Morgan fingerprint density at radius 2 is 1.90 bits per heavy atom. The van der Waals surface area contributed by atoms with E-state index in [2.05, 4.69) is 46.4 Å². The number of aliphatic hydroxyl groups is 2. The van der Waals surface area contributed by atoms with Gasteiger partial charge in [0.15, 0.2) is 0 Å². The predicted octanol–water partition coefficient (Wildman–Crippen LogP) is 6.59. The lowest BCUT2D eigenvalue weighted by atomic mass is 9.60. The van der Waals surface area contributed by atoms with Gasteiger partial charge in [0.25, 0.3) is 0 Å². The van der Waals surface area contributed by atoms with Crippen LogP contribution in [0, 0.1) is 29.1 Å². The zero-order valence-corrected chi connectivity index (χ0v) is 19.3. The van der Waals surface area contributed by atoms with Gasteiger partial charge in [0.05, 0.1) is 12.2 Å². The van der Waals surface area contributed by atoms with E-state index in [0.29, 0.717) is 24.2 Å². The molecule has 0 aromatic carbocycles. The Hall–Kier alpha value is -0.860. The van der Waals surface area contributed by atoms with E-state index < -0.39 is 12.2 Å². The summed E-state index contributed by atoms with van der Waals surface area (Å²) in [5.41, 5.74) is 3.88. The zero-order valence-electron chi connectivity index (χ0n) is 19.3. The highest BCUT2D eigenvalue weighted by Crippen LogP contribution is 2.59. The third kappa shape index (κ3) is 5.07. The topological polar surface area (TPSA) is 40.5 Å². The first-order valence-corrected chi connectivity index (χ1v) is 12.2. The molecule has 0 amide bonds. The van der Waals surface area contributed by atoms with Crippen LogP contribution in [0.5, 0.6) is 0 Å². The lowest BCUT2D eigenvalue weighted by molar-refractivity contribution is 0.0861. The van der Waals surface area contributed by atoms with Crippen molar-refractivity contribution in [3.8, 4) is 0 Å². The van der Waals surface area contributed by atoms with Crippen LogP contribution in [-0.2, 0) is 0 Å². The molecule has 3 fully saturated rings. The van der Waals surface area contributed by atoms with Crippen molar-refractivity contribution in [1.29, 1.82) is 0 Å². The third-order valence-electron chi connectivity index (χ3n) is 8.43. The van der Waals surface area contributed by atoms with E-state index in [1.807, 2.05) is 0 Å². The number of rotatable bonds is 6. The normalized spacial score (nSPS) is 39.3. The highest BCUT2D eigenvalue weighted by Gasteiger charge is 2.50. The monoisotopic (exact) mass is 400 g/mol. The van der Waals surface area contributed by atoms with Gasteiger partial charge in [0.1, 0.15) is 0 Å². The fraction of sp³-hybridized carbons (Fsp3) is 0.778. The molecule has 0 aliphatic heterocycles. The summed E-state index contributed by atoms with van der Waals surface area (Å²) >= 11 is 0. The second kappa shape index (κ2) is 9.52. The molecule has 164 valence electrons. The average molecular weight is 401 g/mol. The molecule has 6 atom stereocenters. The van der Waals surface area contributed by atoms with Crippen LogP contribution >= 0.6 is 0 Å². The van der Waals surface area contributed by atoms with Crippen LogP contribution in [0.15, 0.2) is 35.5 Å². The standard InChI is InChI=1S/C27H44O2/c1-18(2)8-6-9-19(3)24-13-14-25-21(10-7-15-27(24,25)5)11-12-22-16-23(28)17-26(29)20(22)4/h11-12,18-19,23-26,28-29H,4,6-10,13-17H2,1-3,5H3/b21-11+,22-12+/t19?,23-,24-,25?,26+,27-/m1/s1. The van der Waals surface area contributed by atoms with E-state index >= 15 is 0 Å². The summed E-state index contributed by atoms with van der Waals surface area (Å²) in [7, 11) is 0. The number of hydrogen-bond donors (Lipinski definition) is 2. The number of allylic oxidation sites excluding steroid dienone is 3. The van der Waals surface area contributed by atoms with Gasteiger partial charge < -0.3 is 10.2 Å². The van der Waals surface area contributed by atoms with E-state index in [1.54, 1.807) is 5.57 Å². The molecule has 0 bridgehead atoms. The number of fused-ring (bicyclic) bond motifs is 1. The van der Waals surface area contributed by atoms with Gasteiger partial charge in [-0.3, -0.25) is 0 Å². The van der Waals surface area contributed by atoms with Crippen molar-refractivity contribution >= 4 is 0 Å². The largest absolute Gasteiger partial charge is 0.393 e. The molecular weight excluding hydrogens is 356 g/mol. The second-order valence-electron chi connectivity index (χ2n) is 11.0. The lowest BCUT2D eigenvalue weighted by Gasteiger charge is -2.44. The van der Waals surface area contributed by atoms with Crippen molar-refractivity contribution in [3.63, 3.8) is 0 Å². The molecule has 3 aliphatic carbocycles. The molecule has 2 heteroatoms. The zero-order chi connectivity index (χ0) is 21.2. The fourth-order valence-corrected chi connectivity index (χ4v) is 6.73. The molecule has 0 radical (unpaired) electrons. The summed E-state index contributed by atoms with van der Waals surface area (Å²) < 4.78 is 0. The summed E-state index contributed by atoms with van der Waals surface area (Å²) in [6.45, 7) is 13.8. The van der Waals surface area contributed by atoms with Gasteiger partial charge in [-0.25, -0.2) is 0 Å². The van der Waals surface area contributed by atoms with Gasteiger partial charge in [0, 0.05) is 6.42 Å². The maximum Gasteiger partial charge on any atom is 0.0811 e. The molecule has 3 saturated carbocycles. The first-order valence-electron chi connectivity index (χ1n) is 12.2. The Labute approximate surface area is 179 Å². The highest BCUT2D eigenvalue weighted by atomic mass is 16.3. The Balaban J connectivity index is 1.71. The minimum absolute atomic E-state index is 0.420. The first kappa shape index (κ1) is 22.8. The first-order chi connectivity index (χ1) is 13.7. The molecule has 2 nitrogen and oxygen atoms in total. The minimum atomic E-state index is -0.595. The van der Waals surface area contributed by atoms with Gasteiger partial charge in [-0.1, -0.05) is 71.3 Å². The molecule has 2 unspecified atom stereocenters. The molecule has 0 aromatic heterocycles. The molecule has 0 aromatic rings. The van der Waals surface area contributed by atoms with Crippen molar-refractivity contribution in [3.05, 3.63) is 35.5 Å². The molecule has 3 rings (SSSR count). The van der Waals surface area contributed by atoms with E-state index in [9.17, 15) is 10.2 Å². The Morgan fingerprint density at radius 3 is 2.62 bits per heavy atom. The molecular formula is C27H44O2. The van der Waals surface area contributed by atoms with E-state index in [4.69, 9.17) is 0 Å². The van der Waals surface area contributed by atoms with Crippen LogP contribution in [0.4, 0.5) is 0 Å². The molecule has 2 N–H and O–H groups in total. The second-order valence-corrected chi connectivity index (χ2v) is 11.0. The third-order valence-corrected chi connectivity index (χ3v) is 8.43. The maximum atomic E-state index is 10.1. The molecule has 0 saturated heterocycles. The average Bonchev–Trinajstić information content (AvgIpc) is 3.00. The van der Waals surface area contributed by atoms with Crippen LogP contribution in [0.25, 0.3) is 0 Å². The molecule has 0 heterocycles. The van der Waals surface area contributed by atoms with Crippen molar-refractivity contribution in [2.45, 2.75) is 104 Å². The lowest BCUT2D eigenvalue weighted by Crippen LogP contribution is -2.36. The highest BCUT2D eigenvalue weighted by molar-refractivity contribution is 5.38. The van der Waals surface area contributed by atoms with Crippen LogP contribution in [0.3, 0.4) is 0 Å². The van der Waals surface area contributed by atoms with Crippen molar-refractivity contribution in [2.24, 2.45) is 29.1 Å². The number of aliphatic hydroxyl groups excluding tert-OH is 2. The van der Waals surface area contributed by atoms with Gasteiger partial charge in [-0.15, -0.1) is 0 Å². The fourth-order valence-electron chi connectivity index (χ4n) is 6.73. The van der Waals surface area contributed by atoms with E-state index in [0.717, 1.165) is 28.9 Å². The van der Waals surface area contributed by atoms with Crippen LogP contribution in [-0.4, -0.2) is 22.4 Å². The van der Waals surface area contributed by atoms with Crippen molar-refractivity contribution in [1.82, 2.24) is 0 Å². The maximum absolute atomic E-state index is 10.1. The minimum Gasteiger partial charge on any atom is -0.393 e. The molecule has 29 heavy (non-hydrogen) atoms.